The quantitative estimate of drug-likeness (QED) is 0.678. The highest BCUT2D eigenvalue weighted by Crippen LogP contribution is 2.44. The minimum absolute atomic E-state index is 0.298. The van der Waals surface area contributed by atoms with E-state index in [2.05, 4.69) is 4.98 Å². The van der Waals surface area contributed by atoms with Gasteiger partial charge in [-0.15, -0.1) is 0 Å². The zero-order chi connectivity index (χ0) is 30.3. The van der Waals surface area contributed by atoms with Crippen molar-refractivity contribution in [2.45, 2.75) is 18.4 Å². The molecule has 3 aromatic rings. The Bertz CT molecular complexity index is 1760. The second-order valence-electron chi connectivity index (χ2n) is 6.70. The van der Waals surface area contributed by atoms with Crippen LogP contribution in [-0.4, -0.2) is 53.0 Å². The van der Waals surface area contributed by atoms with E-state index in [1.54, 1.807) is 0 Å². The minimum Gasteiger partial charge on any atom is -0.454 e. The van der Waals surface area contributed by atoms with Crippen LogP contribution in [0.4, 0.5) is 0 Å². The first-order chi connectivity index (χ1) is 18.9. The minimum atomic E-state index is -3.10. The molecule has 1 unspecified atom stereocenters. The van der Waals surface area contributed by atoms with E-state index in [-0.39, 0.29) is 16.6 Å². The fraction of sp³-hybridized carbons (Fsp3) is 0.273. The van der Waals surface area contributed by atoms with Crippen LogP contribution in [0.25, 0.3) is 10.9 Å². The topological polar surface area (TPSA) is 74.9 Å². The fourth-order valence-electron chi connectivity index (χ4n) is 3.70. The summed E-state index contributed by atoms with van der Waals surface area (Å²) in [5, 5.41) is -0.387. The average Bonchev–Trinajstić information content (AvgIpc) is 3.45. The normalized spacial score (nSPS) is 34.7. The van der Waals surface area contributed by atoms with Gasteiger partial charge in [-0.1, -0.05) is 24.2 Å². The summed E-state index contributed by atoms with van der Waals surface area (Å²) >= 11 is 0. The maximum absolute atomic E-state index is 13.6. The van der Waals surface area contributed by atoms with E-state index in [1.807, 2.05) is 0 Å². The number of fused-ring (bicyclic) bond motifs is 5. The van der Waals surface area contributed by atoms with Crippen molar-refractivity contribution in [1.29, 1.82) is 0 Å². The molecule has 4 heterocycles. The van der Waals surface area contributed by atoms with Crippen LogP contribution in [0.15, 0.2) is 42.3 Å². The van der Waals surface area contributed by atoms with Gasteiger partial charge in [0.2, 0.25) is 18.6 Å². The number of rotatable bonds is 1. The van der Waals surface area contributed by atoms with E-state index in [0.717, 1.165) is 4.90 Å². The number of likely N-dealkylation sites (N-methyl/N-ethyl adjacent to an activating group) is 1. The summed E-state index contributed by atoms with van der Waals surface area (Å²) in [4.78, 5) is 31.3. The van der Waals surface area contributed by atoms with Gasteiger partial charge in [0.1, 0.15) is 8.76 Å². The molecule has 0 spiro atoms. The summed E-state index contributed by atoms with van der Waals surface area (Å²) in [5.41, 5.74) is -1.72. The highest BCUT2D eigenvalue weighted by Gasteiger charge is 2.47. The van der Waals surface area contributed by atoms with E-state index in [9.17, 15) is 11.0 Å². The predicted molar refractivity (Wildman–Crippen MR) is 105 cm³/mol. The molecule has 146 valence electrons. The number of para-hydroxylation sites is 1. The lowest BCUT2D eigenvalue weighted by Gasteiger charge is -2.46. The zero-order valence-corrected chi connectivity index (χ0v) is 14.8. The lowest BCUT2D eigenvalue weighted by molar-refractivity contribution is -0.157. The van der Waals surface area contributed by atoms with Crippen molar-refractivity contribution in [2.75, 3.05) is 20.3 Å². The van der Waals surface area contributed by atoms with Crippen LogP contribution in [0, 0.1) is 0 Å². The molecular weight excluding hydrogens is 370 g/mol. The molecule has 1 N–H and O–H groups in total. The summed E-state index contributed by atoms with van der Waals surface area (Å²) in [6.45, 7) is -3.41. The van der Waals surface area contributed by atoms with Crippen LogP contribution in [0.2, 0.25) is 0 Å². The number of nitrogens with one attached hydrogen (secondary N) is 1. The van der Waals surface area contributed by atoms with E-state index in [4.69, 9.17) is 24.6 Å². The van der Waals surface area contributed by atoms with Crippen LogP contribution in [-0.2, 0) is 16.0 Å². The van der Waals surface area contributed by atoms with E-state index in [0.29, 0.717) is 4.90 Å². The maximum atomic E-state index is 13.6. The van der Waals surface area contributed by atoms with Crippen molar-refractivity contribution in [3.05, 3.63) is 59.1 Å². The van der Waals surface area contributed by atoms with Gasteiger partial charge in [0, 0.05) is 32.8 Å². The lowest BCUT2D eigenvalue weighted by atomic mass is 9.86. The fourth-order valence-corrected chi connectivity index (χ4v) is 3.70. The summed E-state index contributed by atoms with van der Waals surface area (Å²) in [5.74, 6) is -3.29. The van der Waals surface area contributed by atoms with Crippen molar-refractivity contribution in [2.24, 2.45) is 0 Å². The van der Waals surface area contributed by atoms with Gasteiger partial charge in [-0.25, -0.2) is 0 Å². The molecule has 1 fully saturated rings. The Morgan fingerprint density at radius 2 is 2.03 bits per heavy atom. The molecule has 1 aromatic heterocycles. The van der Waals surface area contributed by atoms with Crippen LogP contribution in [0.3, 0.4) is 0 Å². The van der Waals surface area contributed by atoms with E-state index < -0.39 is 108 Å². The van der Waals surface area contributed by atoms with Gasteiger partial charge in [-0.3, -0.25) is 9.59 Å². The number of H-pyrrole nitrogens is 1. The molecule has 7 heteroatoms. The number of piperazine rings is 1. The van der Waals surface area contributed by atoms with Crippen LogP contribution >= 0.6 is 0 Å². The Morgan fingerprint density at radius 3 is 2.93 bits per heavy atom. The number of carbonyl (C=O) groups is 2. The third kappa shape index (κ3) is 2.24. The second kappa shape index (κ2) is 5.76. The first-order valence-electron chi connectivity index (χ1n) is 14.6. The SMILES string of the molecule is [2H]c1c([2H])c(C2c3[nH]c4c([2H])c([2H])c([2H])c([2H])c4c3C([2H])([2H])[C@]3([2H])C(=O)N(C)CC(=O)N23)c([2H])c2c1OC([2H])([2H])O2. The Kier molecular flexibility index (Phi) is 1.69. The first-order valence-corrected chi connectivity index (χ1v) is 8.60. The number of aromatic amines is 1. The molecule has 0 aliphatic carbocycles. The van der Waals surface area contributed by atoms with E-state index in [1.165, 1.54) is 7.05 Å². The molecule has 2 amide bonds. The Labute approximate surface area is 183 Å². The number of aromatic nitrogens is 1. The largest absolute Gasteiger partial charge is 0.454 e. The number of hydrogen-bond acceptors (Lipinski definition) is 4. The Balaban J connectivity index is 1.81. The van der Waals surface area contributed by atoms with Gasteiger partial charge in [-0.2, -0.15) is 0 Å². The number of ether oxygens (including phenoxy) is 2. The van der Waals surface area contributed by atoms with Crippen molar-refractivity contribution < 1.29 is 35.5 Å². The third-order valence-corrected chi connectivity index (χ3v) is 5.00. The molecule has 2 aromatic carbocycles. The average molecular weight is 401 g/mol. The Hall–Kier alpha value is -3.48. The molecule has 7 nitrogen and oxygen atoms in total. The first kappa shape index (κ1) is 8.49. The van der Waals surface area contributed by atoms with Crippen molar-refractivity contribution >= 4 is 22.7 Å². The van der Waals surface area contributed by atoms with Crippen LogP contribution < -0.4 is 9.47 Å². The zero-order valence-electron chi connectivity index (χ0n) is 26.8. The molecule has 1 saturated heterocycles. The molecule has 0 saturated carbocycles. The van der Waals surface area contributed by atoms with Crippen LogP contribution in [0.1, 0.15) is 39.3 Å². The van der Waals surface area contributed by atoms with Crippen LogP contribution in [0.5, 0.6) is 11.5 Å². The van der Waals surface area contributed by atoms with Gasteiger partial charge in [0.05, 0.1) is 23.6 Å². The van der Waals surface area contributed by atoms with Crippen molar-refractivity contribution in [1.82, 2.24) is 14.8 Å². The van der Waals surface area contributed by atoms with Gasteiger partial charge in [0.25, 0.3) is 0 Å². The predicted octanol–water partition coefficient (Wildman–Crippen LogP) is 2.21. The third-order valence-electron chi connectivity index (χ3n) is 5.00. The molecule has 0 radical (unpaired) electrons. The summed E-state index contributed by atoms with van der Waals surface area (Å²) in [6, 6.07) is -9.85. The monoisotopic (exact) mass is 401 g/mol. The van der Waals surface area contributed by atoms with Gasteiger partial charge in [0.15, 0.2) is 11.5 Å². The van der Waals surface area contributed by atoms with Crippen molar-refractivity contribution in [3.8, 4) is 11.5 Å². The second-order valence-corrected chi connectivity index (χ2v) is 6.70. The van der Waals surface area contributed by atoms with Gasteiger partial charge < -0.3 is 24.3 Å². The molecule has 3 aliphatic rings. The lowest BCUT2D eigenvalue weighted by Crippen LogP contribution is -2.62. The summed E-state index contributed by atoms with van der Waals surface area (Å²) in [7, 11) is 1.19. The van der Waals surface area contributed by atoms with Gasteiger partial charge >= 0.3 is 0 Å². The standard InChI is InChI=1S/C22H19N3O4/c1-24-10-19(26)25-16(22(24)27)9-14-13-4-2-3-5-15(13)23-20(14)21(25)12-6-7-17-18(8-12)29-11-28-17/h2-8,16,21,23H,9-11H2,1H3/t16-,21?/m1/s1/i2D,3D,4D,5D,6D,7D,8D,9D2,11D2,16D. The summed E-state index contributed by atoms with van der Waals surface area (Å²) < 4.78 is 112. The molecule has 29 heavy (non-hydrogen) atoms. The molecule has 0 bridgehead atoms. The molecule has 6 rings (SSSR count). The van der Waals surface area contributed by atoms with Crippen molar-refractivity contribution in [3.63, 3.8) is 0 Å². The number of hydrogen-bond donors (Lipinski definition) is 1. The van der Waals surface area contributed by atoms with Gasteiger partial charge in [-0.05, 0) is 29.3 Å². The smallest absolute Gasteiger partial charge is 0.245 e. The highest BCUT2D eigenvalue weighted by atomic mass is 16.7. The number of amides is 2. The molecule has 2 atom stereocenters. The number of benzene rings is 2. The maximum Gasteiger partial charge on any atom is 0.245 e. The highest BCUT2D eigenvalue weighted by molar-refractivity contribution is 5.97. The molecule has 3 aliphatic heterocycles. The van der Waals surface area contributed by atoms with E-state index >= 15 is 0 Å². The number of nitrogens with zero attached hydrogens (tertiary/aromatic N) is 2. The number of carbonyl (C=O) groups excluding carboxylic acids is 2. The molecular formula is C22H19N3O4. The summed E-state index contributed by atoms with van der Waals surface area (Å²) in [6.07, 6.45) is -3.10. The Morgan fingerprint density at radius 1 is 1.21 bits per heavy atom.